The number of amides is 2. The fraction of sp³-hybridized carbons (Fsp3) is 0.538. The normalized spacial score (nSPS) is 18.3. The van der Waals surface area contributed by atoms with Crippen LogP contribution in [-0.4, -0.2) is 58.2 Å². The Balaban J connectivity index is 1.59. The number of carboxylic acid groups (broad SMARTS) is 1. The average molecular weight is 481 g/mol. The van der Waals surface area contributed by atoms with Gasteiger partial charge in [0.25, 0.3) is 5.91 Å². The number of nitrogens with two attached hydrogens (primary N) is 1. The first-order valence-electron chi connectivity index (χ1n) is 12.4. The van der Waals surface area contributed by atoms with Gasteiger partial charge in [0, 0.05) is 37.3 Å². The van der Waals surface area contributed by atoms with E-state index in [0.717, 1.165) is 50.3 Å². The van der Waals surface area contributed by atoms with Crippen molar-refractivity contribution < 1.29 is 14.7 Å². The van der Waals surface area contributed by atoms with Gasteiger partial charge in [-0.1, -0.05) is 32.9 Å². The molecule has 9 nitrogen and oxygen atoms in total. The number of nitrogens with zero attached hydrogens (tertiary/aromatic N) is 4. The van der Waals surface area contributed by atoms with Crippen LogP contribution in [0.25, 0.3) is 0 Å². The van der Waals surface area contributed by atoms with Crippen molar-refractivity contribution in [1.29, 1.82) is 0 Å². The molecule has 1 aromatic carbocycles. The van der Waals surface area contributed by atoms with Crippen molar-refractivity contribution >= 4 is 29.3 Å². The topological polar surface area (TPSA) is 125 Å². The van der Waals surface area contributed by atoms with E-state index in [4.69, 9.17) is 10.7 Å². The molecule has 0 aliphatic carbocycles. The van der Waals surface area contributed by atoms with E-state index in [1.165, 1.54) is 16.9 Å². The SMILES string of the molecule is CC(C)(C)C1(c2ccc(Nc3nc(N4CCCCC4)cnc3C(N)=O)cc2)CCN(C(=O)O)CC1. The Morgan fingerprint density at radius 1 is 1.03 bits per heavy atom. The summed E-state index contributed by atoms with van der Waals surface area (Å²) >= 11 is 0. The van der Waals surface area contributed by atoms with Crippen LogP contribution in [0.15, 0.2) is 30.5 Å². The van der Waals surface area contributed by atoms with Gasteiger partial charge in [0.1, 0.15) is 5.82 Å². The lowest BCUT2D eigenvalue weighted by Crippen LogP contribution is -2.50. The molecule has 4 rings (SSSR count). The summed E-state index contributed by atoms with van der Waals surface area (Å²) in [5, 5.41) is 12.6. The van der Waals surface area contributed by atoms with Crippen molar-refractivity contribution in [3.63, 3.8) is 0 Å². The Bertz CT molecular complexity index is 1070. The Kier molecular flexibility index (Phi) is 6.87. The molecule has 0 radical (unpaired) electrons. The Morgan fingerprint density at radius 3 is 2.20 bits per heavy atom. The zero-order valence-corrected chi connectivity index (χ0v) is 20.9. The number of benzene rings is 1. The first-order valence-corrected chi connectivity index (χ1v) is 12.4. The van der Waals surface area contributed by atoms with Gasteiger partial charge in [0.2, 0.25) is 0 Å². The molecule has 0 atom stereocenters. The van der Waals surface area contributed by atoms with Crippen molar-refractivity contribution in [3.05, 3.63) is 41.7 Å². The second kappa shape index (κ2) is 9.71. The summed E-state index contributed by atoms with van der Waals surface area (Å²) in [4.78, 5) is 36.1. The second-order valence-electron chi connectivity index (χ2n) is 10.6. The largest absolute Gasteiger partial charge is 0.465 e. The standard InChI is InChI=1S/C26H36N6O3/c1-25(2,3)26(11-15-32(16-12-26)24(34)35)18-7-9-19(10-8-18)29-23-21(22(27)33)28-17-20(30-23)31-13-5-4-6-14-31/h7-10,17H,4-6,11-16H2,1-3H3,(H2,27,33)(H,29,30)(H,34,35). The van der Waals surface area contributed by atoms with Gasteiger partial charge in [-0.2, -0.15) is 0 Å². The number of anilines is 3. The molecule has 0 spiro atoms. The predicted molar refractivity (Wildman–Crippen MR) is 136 cm³/mol. The summed E-state index contributed by atoms with van der Waals surface area (Å²) in [6.45, 7) is 9.55. The van der Waals surface area contributed by atoms with E-state index in [1.54, 1.807) is 6.20 Å². The number of carbonyl (C=O) groups excluding carboxylic acids is 1. The summed E-state index contributed by atoms with van der Waals surface area (Å²) in [7, 11) is 0. The maximum absolute atomic E-state index is 12.0. The van der Waals surface area contributed by atoms with Gasteiger partial charge in [0.15, 0.2) is 11.5 Å². The fourth-order valence-corrected chi connectivity index (χ4v) is 5.48. The molecule has 2 saturated heterocycles. The van der Waals surface area contributed by atoms with Crippen LogP contribution < -0.4 is 16.0 Å². The zero-order chi connectivity index (χ0) is 25.2. The van der Waals surface area contributed by atoms with Gasteiger partial charge in [0.05, 0.1) is 6.20 Å². The summed E-state index contributed by atoms with van der Waals surface area (Å²) in [6.07, 6.45) is 5.74. The van der Waals surface area contributed by atoms with E-state index in [0.29, 0.717) is 18.9 Å². The smallest absolute Gasteiger partial charge is 0.407 e. The lowest BCUT2D eigenvalue weighted by molar-refractivity contribution is 0.0695. The van der Waals surface area contributed by atoms with E-state index in [2.05, 4.69) is 48.1 Å². The van der Waals surface area contributed by atoms with Crippen LogP contribution >= 0.6 is 0 Å². The van der Waals surface area contributed by atoms with Gasteiger partial charge < -0.3 is 26.0 Å². The van der Waals surface area contributed by atoms with E-state index < -0.39 is 12.0 Å². The highest BCUT2D eigenvalue weighted by atomic mass is 16.4. The molecule has 0 unspecified atom stereocenters. The number of carbonyl (C=O) groups is 2. The minimum atomic E-state index is -0.856. The van der Waals surface area contributed by atoms with E-state index in [-0.39, 0.29) is 16.5 Å². The van der Waals surface area contributed by atoms with Gasteiger partial charge in [-0.05, 0) is 55.2 Å². The molecule has 4 N–H and O–H groups in total. The first kappa shape index (κ1) is 24.8. The maximum atomic E-state index is 12.0. The highest BCUT2D eigenvalue weighted by Crippen LogP contribution is 2.49. The molecule has 0 bridgehead atoms. The van der Waals surface area contributed by atoms with Crippen molar-refractivity contribution in [2.24, 2.45) is 11.1 Å². The number of hydrogen-bond donors (Lipinski definition) is 3. The molecule has 2 aliphatic heterocycles. The average Bonchev–Trinajstić information content (AvgIpc) is 2.84. The van der Waals surface area contributed by atoms with Crippen LogP contribution in [0.5, 0.6) is 0 Å². The maximum Gasteiger partial charge on any atom is 0.407 e. The fourth-order valence-electron chi connectivity index (χ4n) is 5.48. The molecule has 2 amide bonds. The van der Waals surface area contributed by atoms with Gasteiger partial charge in [-0.25, -0.2) is 14.8 Å². The van der Waals surface area contributed by atoms with Crippen LogP contribution in [0.3, 0.4) is 0 Å². The molecular weight excluding hydrogens is 444 g/mol. The minimum Gasteiger partial charge on any atom is -0.465 e. The predicted octanol–water partition coefficient (Wildman–Crippen LogP) is 4.37. The van der Waals surface area contributed by atoms with Crippen molar-refractivity contribution in [2.75, 3.05) is 36.4 Å². The van der Waals surface area contributed by atoms with Crippen molar-refractivity contribution in [2.45, 2.75) is 58.3 Å². The first-order chi connectivity index (χ1) is 16.6. The zero-order valence-electron chi connectivity index (χ0n) is 20.9. The van der Waals surface area contributed by atoms with Crippen molar-refractivity contribution in [1.82, 2.24) is 14.9 Å². The number of primary amides is 1. The van der Waals surface area contributed by atoms with E-state index in [9.17, 15) is 14.7 Å². The summed E-state index contributed by atoms with van der Waals surface area (Å²) in [6, 6.07) is 8.14. The van der Waals surface area contributed by atoms with Crippen molar-refractivity contribution in [3.8, 4) is 0 Å². The molecule has 2 fully saturated rings. The van der Waals surface area contributed by atoms with Gasteiger partial charge in [-0.15, -0.1) is 0 Å². The summed E-state index contributed by atoms with van der Waals surface area (Å²) in [5.74, 6) is 0.470. The van der Waals surface area contributed by atoms with Gasteiger partial charge in [-0.3, -0.25) is 4.79 Å². The molecule has 3 heterocycles. The Hall–Kier alpha value is -3.36. The van der Waals surface area contributed by atoms with Crippen LogP contribution in [0, 0.1) is 5.41 Å². The number of likely N-dealkylation sites (tertiary alicyclic amines) is 1. The highest BCUT2D eigenvalue weighted by molar-refractivity contribution is 5.96. The highest BCUT2D eigenvalue weighted by Gasteiger charge is 2.46. The van der Waals surface area contributed by atoms with E-state index >= 15 is 0 Å². The quantitative estimate of drug-likeness (QED) is 0.580. The van der Waals surface area contributed by atoms with Crippen LogP contribution in [0.4, 0.5) is 22.1 Å². The molecule has 1 aromatic heterocycles. The molecule has 188 valence electrons. The number of rotatable bonds is 5. The van der Waals surface area contributed by atoms with Gasteiger partial charge >= 0.3 is 6.09 Å². The number of nitrogens with one attached hydrogen (secondary N) is 1. The summed E-state index contributed by atoms with van der Waals surface area (Å²) in [5.41, 5.74) is 7.48. The third-order valence-corrected chi connectivity index (χ3v) is 7.70. The molecule has 9 heteroatoms. The molecule has 0 saturated carbocycles. The molecule has 2 aromatic rings. The third kappa shape index (κ3) is 5.04. The minimum absolute atomic E-state index is 0.0417. The second-order valence-corrected chi connectivity index (χ2v) is 10.6. The number of piperidine rings is 2. The molecular formula is C26H36N6O3. The lowest BCUT2D eigenvalue weighted by atomic mass is 9.58. The number of aromatic nitrogens is 2. The molecule has 35 heavy (non-hydrogen) atoms. The Morgan fingerprint density at radius 2 is 1.66 bits per heavy atom. The van der Waals surface area contributed by atoms with Crippen LogP contribution in [-0.2, 0) is 5.41 Å². The number of hydrogen-bond acceptors (Lipinski definition) is 6. The van der Waals surface area contributed by atoms with E-state index in [1.807, 2.05) is 12.1 Å². The summed E-state index contributed by atoms with van der Waals surface area (Å²) < 4.78 is 0. The lowest BCUT2D eigenvalue weighted by Gasteiger charge is -2.50. The Labute approximate surface area is 206 Å². The third-order valence-electron chi connectivity index (χ3n) is 7.70. The molecule has 2 aliphatic rings. The monoisotopic (exact) mass is 480 g/mol. The van der Waals surface area contributed by atoms with Crippen LogP contribution in [0.2, 0.25) is 0 Å². The van der Waals surface area contributed by atoms with Crippen LogP contribution in [0.1, 0.15) is 68.9 Å².